The lowest BCUT2D eigenvalue weighted by Gasteiger charge is -2.20. The molecule has 4 amide bonds. The molecule has 3 rings (SSSR count). The standard InChI is InChI=1S/C13H13N3O2S2/c17-12-14-4-5-16(12)13(18)15-11(9-3-7-19-8-9)10-2-1-6-20-10/h1-3,6-8,11H,4-5H2,(H,14,17)(H,15,18)/t11-/m0/s1. The minimum atomic E-state index is -0.357. The Balaban J connectivity index is 1.80. The summed E-state index contributed by atoms with van der Waals surface area (Å²) in [6.07, 6.45) is 0. The molecule has 1 atom stereocenters. The molecule has 5 nitrogen and oxygen atoms in total. The van der Waals surface area contributed by atoms with Crippen LogP contribution < -0.4 is 10.6 Å². The van der Waals surface area contributed by atoms with Crippen molar-refractivity contribution >= 4 is 34.7 Å². The number of nitrogens with one attached hydrogen (secondary N) is 2. The van der Waals surface area contributed by atoms with E-state index in [-0.39, 0.29) is 18.1 Å². The maximum Gasteiger partial charge on any atom is 0.326 e. The summed E-state index contributed by atoms with van der Waals surface area (Å²) >= 11 is 3.17. The van der Waals surface area contributed by atoms with Crippen LogP contribution in [-0.2, 0) is 0 Å². The van der Waals surface area contributed by atoms with Crippen molar-refractivity contribution in [2.24, 2.45) is 0 Å². The second-order valence-electron chi connectivity index (χ2n) is 4.34. The molecule has 2 aromatic rings. The molecule has 0 bridgehead atoms. The van der Waals surface area contributed by atoms with Crippen molar-refractivity contribution < 1.29 is 9.59 Å². The summed E-state index contributed by atoms with van der Waals surface area (Å²) in [5.74, 6) is 0. The molecule has 7 heteroatoms. The highest BCUT2D eigenvalue weighted by atomic mass is 32.1. The average Bonchev–Trinajstić information content (AvgIpc) is 3.18. The first-order valence-electron chi connectivity index (χ1n) is 6.17. The predicted molar refractivity (Wildman–Crippen MR) is 79.1 cm³/mol. The highest BCUT2D eigenvalue weighted by molar-refractivity contribution is 7.10. The number of hydrogen-bond acceptors (Lipinski definition) is 4. The first kappa shape index (κ1) is 13.1. The molecule has 0 radical (unpaired) electrons. The largest absolute Gasteiger partial charge is 0.336 e. The van der Waals surface area contributed by atoms with E-state index in [9.17, 15) is 9.59 Å². The monoisotopic (exact) mass is 307 g/mol. The van der Waals surface area contributed by atoms with Crippen molar-refractivity contribution in [3.63, 3.8) is 0 Å². The Kier molecular flexibility index (Phi) is 3.70. The van der Waals surface area contributed by atoms with E-state index in [2.05, 4.69) is 10.6 Å². The number of rotatable bonds is 3. The van der Waals surface area contributed by atoms with Gasteiger partial charge in [0, 0.05) is 18.0 Å². The van der Waals surface area contributed by atoms with Gasteiger partial charge in [-0.15, -0.1) is 11.3 Å². The van der Waals surface area contributed by atoms with E-state index in [1.54, 1.807) is 22.7 Å². The van der Waals surface area contributed by atoms with Crippen LogP contribution >= 0.6 is 22.7 Å². The van der Waals surface area contributed by atoms with Gasteiger partial charge in [-0.1, -0.05) is 6.07 Å². The quantitative estimate of drug-likeness (QED) is 0.915. The van der Waals surface area contributed by atoms with Gasteiger partial charge in [0.15, 0.2) is 0 Å². The number of carbonyl (C=O) groups excluding carboxylic acids is 2. The maximum atomic E-state index is 12.2. The first-order chi connectivity index (χ1) is 9.75. The van der Waals surface area contributed by atoms with Gasteiger partial charge in [-0.2, -0.15) is 11.3 Å². The number of carbonyl (C=O) groups is 2. The summed E-state index contributed by atoms with van der Waals surface area (Å²) in [5, 5.41) is 11.5. The minimum Gasteiger partial charge on any atom is -0.336 e. The second-order valence-corrected chi connectivity index (χ2v) is 6.10. The molecule has 104 valence electrons. The molecule has 20 heavy (non-hydrogen) atoms. The van der Waals surface area contributed by atoms with E-state index >= 15 is 0 Å². The Morgan fingerprint density at radius 3 is 2.90 bits per heavy atom. The van der Waals surface area contributed by atoms with Gasteiger partial charge in [-0.3, -0.25) is 0 Å². The Bertz CT molecular complexity index is 561. The summed E-state index contributed by atoms with van der Waals surface area (Å²) in [6, 6.07) is 5.02. The third kappa shape index (κ3) is 2.54. The highest BCUT2D eigenvalue weighted by Crippen LogP contribution is 2.27. The van der Waals surface area contributed by atoms with Crippen molar-refractivity contribution in [1.82, 2.24) is 15.5 Å². The molecule has 0 spiro atoms. The molecule has 0 aromatic carbocycles. The fourth-order valence-corrected chi connectivity index (χ4v) is 3.57. The third-order valence-corrected chi connectivity index (χ3v) is 4.71. The van der Waals surface area contributed by atoms with Crippen LogP contribution in [0.4, 0.5) is 9.59 Å². The Morgan fingerprint density at radius 2 is 2.30 bits per heavy atom. The van der Waals surface area contributed by atoms with Gasteiger partial charge < -0.3 is 10.6 Å². The lowest BCUT2D eigenvalue weighted by Crippen LogP contribution is -2.43. The number of urea groups is 2. The van der Waals surface area contributed by atoms with Crippen LogP contribution in [0.3, 0.4) is 0 Å². The molecular weight excluding hydrogens is 294 g/mol. The SMILES string of the molecule is O=C1NCCN1C(=O)N[C@@H](c1ccsc1)c1cccs1. The van der Waals surface area contributed by atoms with Crippen molar-refractivity contribution in [3.05, 3.63) is 44.8 Å². The van der Waals surface area contributed by atoms with Gasteiger partial charge in [-0.05, 0) is 33.8 Å². The number of nitrogens with zero attached hydrogens (tertiary/aromatic N) is 1. The van der Waals surface area contributed by atoms with Gasteiger partial charge in [0.05, 0.1) is 6.04 Å². The van der Waals surface area contributed by atoms with Crippen molar-refractivity contribution in [2.45, 2.75) is 6.04 Å². The third-order valence-electron chi connectivity index (χ3n) is 3.07. The van der Waals surface area contributed by atoms with Crippen molar-refractivity contribution in [2.75, 3.05) is 13.1 Å². The van der Waals surface area contributed by atoms with Crippen molar-refractivity contribution in [1.29, 1.82) is 0 Å². The van der Waals surface area contributed by atoms with E-state index in [1.807, 2.05) is 34.3 Å². The Hall–Kier alpha value is -1.86. The Morgan fingerprint density at radius 1 is 1.40 bits per heavy atom. The van der Waals surface area contributed by atoms with E-state index in [1.165, 1.54) is 4.90 Å². The molecule has 1 aliphatic rings. The van der Waals surface area contributed by atoms with Gasteiger partial charge in [0.2, 0.25) is 0 Å². The van der Waals surface area contributed by atoms with Crippen LogP contribution in [0, 0.1) is 0 Å². The molecule has 1 fully saturated rings. The molecule has 2 aromatic heterocycles. The fraction of sp³-hybridized carbons (Fsp3) is 0.231. The van der Waals surface area contributed by atoms with Gasteiger partial charge in [-0.25, -0.2) is 14.5 Å². The molecule has 2 N–H and O–H groups in total. The number of imide groups is 1. The van der Waals surface area contributed by atoms with E-state index in [0.717, 1.165) is 10.4 Å². The molecule has 0 aliphatic carbocycles. The molecule has 3 heterocycles. The summed E-state index contributed by atoms with van der Waals surface area (Å²) in [6.45, 7) is 0.917. The van der Waals surface area contributed by atoms with E-state index in [0.29, 0.717) is 13.1 Å². The topological polar surface area (TPSA) is 61.4 Å². The van der Waals surface area contributed by atoms with Gasteiger partial charge in [0.25, 0.3) is 0 Å². The lowest BCUT2D eigenvalue weighted by molar-refractivity contribution is 0.197. The predicted octanol–water partition coefficient (Wildman–Crippen LogP) is 2.63. The molecule has 1 saturated heterocycles. The van der Waals surface area contributed by atoms with E-state index < -0.39 is 0 Å². The summed E-state index contributed by atoms with van der Waals surface area (Å²) < 4.78 is 0. The molecular formula is C13H13N3O2S2. The molecule has 0 unspecified atom stereocenters. The average molecular weight is 307 g/mol. The number of amides is 4. The van der Waals surface area contributed by atoms with Crippen molar-refractivity contribution in [3.8, 4) is 0 Å². The zero-order valence-corrected chi connectivity index (χ0v) is 12.2. The summed E-state index contributed by atoms with van der Waals surface area (Å²) in [5.41, 5.74) is 1.03. The van der Waals surface area contributed by atoms with Crippen LogP contribution in [0.25, 0.3) is 0 Å². The number of hydrogen-bond donors (Lipinski definition) is 2. The first-order valence-corrected chi connectivity index (χ1v) is 7.99. The van der Waals surface area contributed by atoms with Crippen LogP contribution in [0.1, 0.15) is 16.5 Å². The highest BCUT2D eigenvalue weighted by Gasteiger charge is 2.28. The van der Waals surface area contributed by atoms with Crippen LogP contribution in [0.2, 0.25) is 0 Å². The molecule has 1 aliphatic heterocycles. The normalized spacial score (nSPS) is 16.0. The smallest absolute Gasteiger partial charge is 0.326 e. The lowest BCUT2D eigenvalue weighted by atomic mass is 10.1. The van der Waals surface area contributed by atoms with Crippen LogP contribution in [-0.4, -0.2) is 30.1 Å². The molecule has 0 saturated carbocycles. The fourth-order valence-electron chi connectivity index (χ4n) is 2.08. The second kappa shape index (κ2) is 5.64. The zero-order chi connectivity index (χ0) is 13.9. The van der Waals surface area contributed by atoms with Crippen LogP contribution in [0.15, 0.2) is 34.3 Å². The maximum absolute atomic E-state index is 12.2. The van der Waals surface area contributed by atoms with Gasteiger partial charge in [0.1, 0.15) is 0 Å². The van der Waals surface area contributed by atoms with E-state index in [4.69, 9.17) is 0 Å². The summed E-state index contributed by atoms with van der Waals surface area (Å²) in [7, 11) is 0. The van der Waals surface area contributed by atoms with Gasteiger partial charge >= 0.3 is 12.1 Å². The minimum absolute atomic E-state index is 0.206. The Labute approximate surface area is 124 Å². The summed E-state index contributed by atoms with van der Waals surface area (Å²) in [4.78, 5) is 26.0. The zero-order valence-electron chi connectivity index (χ0n) is 10.5. The van der Waals surface area contributed by atoms with Crippen LogP contribution in [0.5, 0.6) is 0 Å². The number of thiophene rings is 2.